The van der Waals surface area contributed by atoms with Crippen molar-refractivity contribution in [1.82, 2.24) is 4.98 Å². The fourth-order valence-corrected chi connectivity index (χ4v) is 4.57. The summed E-state index contributed by atoms with van der Waals surface area (Å²) in [6, 6.07) is 14.9. The van der Waals surface area contributed by atoms with Crippen molar-refractivity contribution in [2.75, 3.05) is 7.11 Å². The molecular weight excluding hydrogens is 437 g/mol. The Hall–Kier alpha value is -2.85. The molecule has 0 amide bonds. The molecule has 184 valence electrons. The summed E-state index contributed by atoms with van der Waals surface area (Å²) in [5, 5.41) is 1.06. The van der Waals surface area contributed by atoms with Crippen molar-refractivity contribution in [3.63, 3.8) is 0 Å². The van der Waals surface area contributed by atoms with Gasteiger partial charge in [0.15, 0.2) is 0 Å². The number of methoxy groups -OCH3 is 1. The molecule has 0 spiro atoms. The lowest BCUT2D eigenvalue weighted by Crippen LogP contribution is -2.23. The van der Waals surface area contributed by atoms with Gasteiger partial charge in [0.2, 0.25) is 0 Å². The molecule has 0 saturated heterocycles. The topological polar surface area (TPSA) is 39.2 Å². The molecule has 35 heavy (non-hydrogen) atoms. The first-order valence-electron chi connectivity index (χ1n) is 12.6. The normalized spacial score (nSPS) is 16.1. The van der Waals surface area contributed by atoms with Crippen LogP contribution < -0.4 is 0 Å². The minimum absolute atomic E-state index is 0.114. The first-order chi connectivity index (χ1) is 16.7. The molecule has 0 aliphatic heterocycles. The third kappa shape index (κ3) is 6.05. The molecule has 2 aromatic carbocycles. The molecule has 0 bridgehead atoms. The highest BCUT2D eigenvalue weighted by molar-refractivity contribution is 5.99. The highest BCUT2D eigenvalue weighted by Gasteiger charge is 2.30. The quantitative estimate of drug-likeness (QED) is 0.316. The number of ether oxygens (including phenoxy) is 1. The zero-order chi connectivity index (χ0) is 25.2. The second-order valence-electron chi connectivity index (χ2n) is 10.9. The number of rotatable bonds is 9. The van der Waals surface area contributed by atoms with E-state index in [1.807, 2.05) is 51.1 Å². The van der Waals surface area contributed by atoms with E-state index >= 15 is 0 Å². The zero-order valence-electron chi connectivity index (χ0n) is 21.5. The van der Waals surface area contributed by atoms with Gasteiger partial charge in [0.05, 0.1) is 17.3 Å². The average molecular weight is 474 g/mol. The average Bonchev–Trinajstić information content (AvgIpc) is 3.66. The fourth-order valence-electron chi connectivity index (χ4n) is 4.57. The monoisotopic (exact) mass is 473 g/mol. The number of Topliss-reactive ketones (excluding diaryl/α,β-unsaturated/α-hetero) is 1. The summed E-state index contributed by atoms with van der Waals surface area (Å²) in [5.41, 5.74) is 4.88. The molecule has 2 atom stereocenters. The maximum atomic E-state index is 13.8. The lowest BCUT2D eigenvalue weighted by atomic mass is 9.84. The summed E-state index contributed by atoms with van der Waals surface area (Å²) in [6.07, 6.45) is 7.70. The SMILES string of the molecule is COC(/C=C/c1c(C2CC2)nc2ccccc2c1-c1ccc(F)cc1)CC(C)CC(=O)C(C)(C)C. The van der Waals surface area contributed by atoms with Crippen molar-refractivity contribution < 1.29 is 13.9 Å². The van der Waals surface area contributed by atoms with E-state index < -0.39 is 0 Å². The minimum atomic E-state index is -0.327. The molecule has 1 heterocycles. The largest absolute Gasteiger partial charge is 0.377 e. The maximum Gasteiger partial charge on any atom is 0.138 e. The van der Waals surface area contributed by atoms with Crippen LogP contribution in [-0.4, -0.2) is 24.0 Å². The van der Waals surface area contributed by atoms with E-state index in [-0.39, 0.29) is 29.0 Å². The fraction of sp³-hybridized carbons (Fsp3) is 0.419. The first-order valence-corrected chi connectivity index (χ1v) is 12.6. The highest BCUT2D eigenvalue weighted by atomic mass is 19.1. The number of fused-ring (bicyclic) bond motifs is 1. The molecule has 0 radical (unpaired) electrons. The predicted octanol–water partition coefficient (Wildman–Crippen LogP) is 7.98. The zero-order valence-corrected chi connectivity index (χ0v) is 21.5. The Kier molecular flexibility index (Phi) is 7.51. The number of carbonyl (C=O) groups is 1. The first kappa shape index (κ1) is 25.2. The molecular formula is C31H36FNO2. The van der Waals surface area contributed by atoms with Gasteiger partial charge < -0.3 is 4.74 Å². The van der Waals surface area contributed by atoms with Crippen LogP contribution in [0.5, 0.6) is 0 Å². The summed E-state index contributed by atoms with van der Waals surface area (Å²) in [5.74, 6) is 0.690. The van der Waals surface area contributed by atoms with E-state index in [1.54, 1.807) is 7.11 Å². The van der Waals surface area contributed by atoms with Gasteiger partial charge in [-0.05, 0) is 48.9 Å². The standard InChI is InChI=1S/C31H36FNO2/c1-20(19-28(34)31(2,3)4)18-24(35-5)16-17-26-29(21-12-14-23(32)15-13-21)25-8-6-7-9-27(25)33-30(26)22-10-11-22/h6-9,12-17,20,22,24H,10-11,18-19H2,1-5H3/b17-16+. The van der Waals surface area contributed by atoms with Gasteiger partial charge >= 0.3 is 0 Å². The van der Waals surface area contributed by atoms with E-state index in [1.165, 1.54) is 12.1 Å². The Morgan fingerprint density at radius 1 is 1.14 bits per heavy atom. The second kappa shape index (κ2) is 10.4. The Morgan fingerprint density at radius 3 is 2.46 bits per heavy atom. The van der Waals surface area contributed by atoms with Crippen molar-refractivity contribution in [2.24, 2.45) is 11.3 Å². The van der Waals surface area contributed by atoms with Crippen LogP contribution in [0.4, 0.5) is 4.39 Å². The van der Waals surface area contributed by atoms with Gasteiger partial charge in [0.25, 0.3) is 0 Å². The molecule has 1 aromatic heterocycles. The maximum absolute atomic E-state index is 13.8. The summed E-state index contributed by atoms with van der Waals surface area (Å²) in [6.45, 7) is 8.03. The Balaban J connectivity index is 1.72. The third-order valence-electron chi connectivity index (χ3n) is 6.84. The lowest BCUT2D eigenvalue weighted by molar-refractivity contribution is -0.127. The number of benzene rings is 2. The second-order valence-corrected chi connectivity index (χ2v) is 10.9. The number of hydrogen-bond acceptors (Lipinski definition) is 3. The Labute approximate surface area is 208 Å². The van der Waals surface area contributed by atoms with Crippen molar-refractivity contribution >= 4 is 22.8 Å². The van der Waals surface area contributed by atoms with Crippen molar-refractivity contribution in [1.29, 1.82) is 0 Å². The van der Waals surface area contributed by atoms with Gasteiger partial charge in [-0.25, -0.2) is 4.39 Å². The van der Waals surface area contributed by atoms with E-state index in [2.05, 4.69) is 25.1 Å². The molecule has 3 aromatic rings. The van der Waals surface area contributed by atoms with E-state index in [0.29, 0.717) is 12.3 Å². The van der Waals surface area contributed by atoms with Crippen LogP contribution >= 0.6 is 0 Å². The van der Waals surface area contributed by atoms with Crippen molar-refractivity contribution in [2.45, 2.75) is 65.4 Å². The van der Waals surface area contributed by atoms with Crippen LogP contribution in [0.1, 0.15) is 70.6 Å². The molecule has 3 nitrogen and oxygen atoms in total. The number of para-hydroxylation sites is 1. The predicted molar refractivity (Wildman–Crippen MR) is 142 cm³/mol. The van der Waals surface area contributed by atoms with E-state index in [4.69, 9.17) is 9.72 Å². The summed E-state index contributed by atoms with van der Waals surface area (Å²) in [4.78, 5) is 17.6. The molecule has 4 heteroatoms. The minimum Gasteiger partial charge on any atom is -0.377 e. The van der Waals surface area contributed by atoms with Crippen molar-refractivity contribution in [3.05, 3.63) is 71.7 Å². The van der Waals surface area contributed by atoms with Crippen molar-refractivity contribution in [3.8, 4) is 11.1 Å². The van der Waals surface area contributed by atoms with Gasteiger partial charge in [-0.3, -0.25) is 9.78 Å². The van der Waals surface area contributed by atoms with E-state index in [9.17, 15) is 9.18 Å². The number of hydrogen-bond donors (Lipinski definition) is 0. The molecule has 1 fully saturated rings. The van der Waals surface area contributed by atoms with Crippen LogP contribution in [0.25, 0.3) is 28.1 Å². The number of carbonyl (C=O) groups excluding carboxylic acids is 1. The third-order valence-corrected chi connectivity index (χ3v) is 6.84. The number of halogens is 1. The molecule has 4 rings (SSSR count). The van der Waals surface area contributed by atoms with E-state index in [0.717, 1.165) is 52.5 Å². The van der Waals surface area contributed by atoms with Crippen LogP contribution in [0, 0.1) is 17.2 Å². The summed E-state index contributed by atoms with van der Waals surface area (Å²) in [7, 11) is 1.72. The molecule has 1 saturated carbocycles. The number of nitrogens with zero attached hydrogens (tertiary/aromatic N) is 1. The molecule has 1 aliphatic carbocycles. The number of pyridine rings is 1. The number of ketones is 1. The molecule has 2 unspecified atom stereocenters. The molecule has 1 aliphatic rings. The summed E-state index contributed by atoms with van der Waals surface area (Å²) < 4.78 is 19.6. The molecule has 0 N–H and O–H groups in total. The van der Waals surface area contributed by atoms with Crippen LogP contribution in [0.15, 0.2) is 54.6 Å². The van der Waals surface area contributed by atoms with Crippen LogP contribution in [-0.2, 0) is 9.53 Å². The lowest BCUT2D eigenvalue weighted by Gasteiger charge is -2.22. The smallest absolute Gasteiger partial charge is 0.138 e. The van der Waals surface area contributed by atoms with Crippen LogP contribution in [0.3, 0.4) is 0 Å². The summed E-state index contributed by atoms with van der Waals surface area (Å²) >= 11 is 0. The Bertz CT molecular complexity index is 1220. The van der Waals surface area contributed by atoms with Gasteiger partial charge in [-0.15, -0.1) is 0 Å². The number of aromatic nitrogens is 1. The van der Waals surface area contributed by atoms with Gasteiger partial charge in [0.1, 0.15) is 11.6 Å². The van der Waals surface area contributed by atoms with Gasteiger partial charge in [-0.1, -0.05) is 70.2 Å². The highest BCUT2D eigenvalue weighted by Crippen LogP contribution is 2.45. The Morgan fingerprint density at radius 2 is 1.83 bits per heavy atom. The van der Waals surface area contributed by atoms with Crippen LogP contribution in [0.2, 0.25) is 0 Å². The van der Waals surface area contributed by atoms with Gasteiger partial charge in [-0.2, -0.15) is 0 Å². The van der Waals surface area contributed by atoms with Gasteiger partial charge in [0, 0.05) is 41.4 Å².